The molecule has 0 spiro atoms. The number of unbranched alkanes of at least 4 members (excludes halogenated alkanes) is 1. The summed E-state index contributed by atoms with van der Waals surface area (Å²) in [5.74, 6) is 0.128. The summed E-state index contributed by atoms with van der Waals surface area (Å²) in [5.41, 5.74) is 0.462. The summed E-state index contributed by atoms with van der Waals surface area (Å²) < 4.78 is 23.9. The normalized spacial score (nSPS) is 12.4. The van der Waals surface area contributed by atoms with Crippen LogP contribution in [0.1, 0.15) is 38.4 Å². The molecule has 1 aromatic rings. The summed E-state index contributed by atoms with van der Waals surface area (Å²) in [6.45, 7) is 5.31. The van der Waals surface area contributed by atoms with Crippen LogP contribution in [0.25, 0.3) is 0 Å². The second-order valence-corrected chi connectivity index (χ2v) is 4.17. The highest BCUT2D eigenvalue weighted by Crippen LogP contribution is 2.25. The van der Waals surface area contributed by atoms with Crippen LogP contribution in [0.4, 0.5) is 4.39 Å². The highest BCUT2D eigenvalue weighted by Gasteiger charge is 2.10. The van der Waals surface area contributed by atoms with Crippen molar-refractivity contribution in [2.45, 2.75) is 32.8 Å². The van der Waals surface area contributed by atoms with E-state index < -0.39 is 6.10 Å². The molecular weight excluding hydrogens is 235 g/mol. The molecule has 0 radical (unpaired) electrons. The van der Waals surface area contributed by atoms with Gasteiger partial charge in [0.1, 0.15) is 18.2 Å². The Bertz CT molecular complexity index is 353. The summed E-state index contributed by atoms with van der Waals surface area (Å²) in [7, 11) is 0. The van der Waals surface area contributed by atoms with Crippen molar-refractivity contribution >= 4 is 0 Å². The van der Waals surface area contributed by atoms with Gasteiger partial charge in [-0.05, 0) is 31.5 Å². The minimum absolute atomic E-state index is 0.377. The monoisotopic (exact) mass is 256 g/mol. The largest absolute Gasteiger partial charge is 0.491 e. The third kappa shape index (κ3) is 5.02. The van der Waals surface area contributed by atoms with Gasteiger partial charge in [0.05, 0.1) is 12.7 Å². The maximum Gasteiger partial charge on any atom is 0.125 e. The number of benzene rings is 1. The Morgan fingerprint density at radius 2 is 2.06 bits per heavy atom. The van der Waals surface area contributed by atoms with Crippen molar-refractivity contribution in [3.8, 4) is 5.75 Å². The van der Waals surface area contributed by atoms with Gasteiger partial charge in [-0.2, -0.15) is 0 Å². The molecule has 1 rings (SSSR count). The van der Waals surface area contributed by atoms with Crippen molar-refractivity contribution in [1.29, 1.82) is 0 Å². The first kappa shape index (κ1) is 14.9. The fourth-order valence-electron chi connectivity index (χ4n) is 1.54. The number of hydrogen-bond donors (Lipinski definition) is 1. The SMILES string of the molecule is CCCCOCCOc1ccc(F)cc1[C@@H](C)O. The first-order valence-corrected chi connectivity index (χ1v) is 6.33. The van der Waals surface area contributed by atoms with Crippen molar-refractivity contribution in [1.82, 2.24) is 0 Å². The number of hydrogen-bond acceptors (Lipinski definition) is 3. The zero-order valence-electron chi connectivity index (χ0n) is 11.0. The molecule has 1 aromatic carbocycles. The Balaban J connectivity index is 2.42. The summed E-state index contributed by atoms with van der Waals surface area (Å²) in [6.07, 6.45) is 1.39. The minimum atomic E-state index is -0.753. The van der Waals surface area contributed by atoms with E-state index >= 15 is 0 Å². The van der Waals surface area contributed by atoms with Gasteiger partial charge in [0.25, 0.3) is 0 Å². The third-order valence-corrected chi connectivity index (χ3v) is 2.55. The van der Waals surface area contributed by atoms with E-state index in [0.29, 0.717) is 24.5 Å². The molecule has 18 heavy (non-hydrogen) atoms. The van der Waals surface area contributed by atoms with Gasteiger partial charge in [-0.15, -0.1) is 0 Å². The molecule has 102 valence electrons. The van der Waals surface area contributed by atoms with Gasteiger partial charge < -0.3 is 14.6 Å². The second kappa shape index (κ2) is 8.06. The molecule has 0 aliphatic carbocycles. The van der Waals surface area contributed by atoms with Crippen LogP contribution in [0.2, 0.25) is 0 Å². The van der Waals surface area contributed by atoms with Gasteiger partial charge >= 0.3 is 0 Å². The van der Waals surface area contributed by atoms with E-state index in [2.05, 4.69) is 6.92 Å². The van der Waals surface area contributed by atoms with E-state index in [0.717, 1.165) is 19.4 Å². The molecule has 0 heterocycles. The zero-order chi connectivity index (χ0) is 13.4. The molecule has 0 aliphatic heterocycles. The molecule has 0 saturated heterocycles. The molecule has 1 atom stereocenters. The Morgan fingerprint density at radius 3 is 2.72 bits per heavy atom. The van der Waals surface area contributed by atoms with Gasteiger partial charge in [-0.1, -0.05) is 13.3 Å². The highest BCUT2D eigenvalue weighted by atomic mass is 19.1. The smallest absolute Gasteiger partial charge is 0.125 e. The molecule has 3 nitrogen and oxygen atoms in total. The predicted molar refractivity (Wildman–Crippen MR) is 68.3 cm³/mol. The number of rotatable bonds is 8. The fourth-order valence-corrected chi connectivity index (χ4v) is 1.54. The maximum absolute atomic E-state index is 13.0. The van der Waals surface area contributed by atoms with Gasteiger partial charge in [0, 0.05) is 12.2 Å². The van der Waals surface area contributed by atoms with Crippen molar-refractivity contribution in [2.24, 2.45) is 0 Å². The average Bonchev–Trinajstić information content (AvgIpc) is 2.35. The van der Waals surface area contributed by atoms with E-state index in [4.69, 9.17) is 9.47 Å². The molecule has 0 unspecified atom stereocenters. The quantitative estimate of drug-likeness (QED) is 0.726. The maximum atomic E-state index is 13.0. The van der Waals surface area contributed by atoms with Crippen LogP contribution in [0.5, 0.6) is 5.75 Å². The zero-order valence-corrected chi connectivity index (χ0v) is 11.0. The van der Waals surface area contributed by atoms with Gasteiger partial charge in [0.2, 0.25) is 0 Å². The Hall–Kier alpha value is -1.13. The number of aliphatic hydroxyl groups is 1. The van der Waals surface area contributed by atoms with Crippen LogP contribution in [0.15, 0.2) is 18.2 Å². The molecule has 4 heteroatoms. The number of aliphatic hydroxyl groups excluding tert-OH is 1. The van der Waals surface area contributed by atoms with Crippen LogP contribution in [-0.2, 0) is 4.74 Å². The summed E-state index contributed by atoms with van der Waals surface area (Å²) >= 11 is 0. The lowest BCUT2D eigenvalue weighted by Crippen LogP contribution is -2.09. The van der Waals surface area contributed by atoms with E-state index in [-0.39, 0.29) is 5.82 Å². The lowest BCUT2D eigenvalue weighted by Gasteiger charge is -2.13. The van der Waals surface area contributed by atoms with Crippen LogP contribution < -0.4 is 4.74 Å². The summed E-state index contributed by atoms with van der Waals surface area (Å²) in [6, 6.07) is 4.14. The van der Waals surface area contributed by atoms with Crippen molar-refractivity contribution < 1.29 is 19.0 Å². The Morgan fingerprint density at radius 1 is 1.28 bits per heavy atom. The van der Waals surface area contributed by atoms with Crippen LogP contribution in [0.3, 0.4) is 0 Å². The molecule has 0 bridgehead atoms. The standard InChI is InChI=1S/C14H21FO3/c1-3-4-7-17-8-9-18-14-6-5-12(15)10-13(14)11(2)16/h5-6,10-11,16H,3-4,7-9H2,1-2H3/t11-/m1/s1. The van der Waals surface area contributed by atoms with Crippen LogP contribution >= 0.6 is 0 Å². The Labute approximate surface area is 108 Å². The molecule has 0 amide bonds. The fraction of sp³-hybridized carbons (Fsp3) is 0.571. The van der Waals surface area contributed by atoms with Crippen LogP contribution in [-0.4, -0.2) is 24.9 Å². The topological polar surface area (TPSA) is 38.7 Å². The highest BCUT2D eigenvalue weighted by molar-refractivity contribution is 5.35. The first-order valence-electron chi connectivity index (χ1n) is 6.33. The average molecular weight is 256 g/mol. The van der Waals surface area contributed by atoms with Crippen molar-refractivity contribution in [3.63, 3.8) is 0 Å². The molecule has 0 aliphatic rings. The second-order valence-electron chi connectivity index (χ2n) is 4.17. The summed E-state index contributed by atoms with van der Waals surface area (Å²) in [4.78, 5) is 0. The Kier molecular flexibility index (Phi) is 6.68. The van der Waals surface area contributed by atoms with Gasteiger partial charge in [-0.3, -0.25) is 0 Å². The van der Waals surface area contributed by atoms with E-state index in [1.54, 1.807) is 6.92 Å². The van der Waals surface area contributed by atoms with Crippen molar-refractivity contribution in [3.05, 3.63) is 29.6 Å². The lowest BCUT2D eigenvalue weighted by molar-refractivity contribution is 0.0961. The third-order valence-electron chi connectivity index (χ3n) is 2.55. The van der Waals surface area contributed by atoms with E-state index in [9.17, 15) is 9.50 Å². The minimum Gasteiger partial charge on any atom is -0.491 e. The number of ether oxygens (including phenoxy) is 2. The van der Waals surface area contributed by atoms with Gasteiger partial charge in [-0.25, -0.2) is 4.39 Å². The lowest BCUT2D eigenvalue weighted by atomic mass is 10.1. The first-order chi connectivity index (χ1) is 8.65. The molecular formula is C14H21FO3. The van der Waals surface area contributed by atoms with E-state index in [1.165, 1.54) is 18.2 Å². The van der Waals surface area contributed by atoms with Gasteiger partial charge in [0.15, 0.2) is 0 Å². The molecule has 0 saturated carbocycles. The molecule has 1 N–H and O–H groups in total. The molecule has 0 fully saturated rings. The predicted octanol–water partition coefficient (Wildman–Crippen LogP) is 3.07. The van der Waals surface area contributed by atoms with Crippen LogP contribution in [0, 0.1) is 5.82 Å². The van der Waals surface area contributed by atoms with E-state index in [1.807, 2.05) is 0 Å². The number of halogens is 1. The van der Waals surface area contributed by atoms with Crippen molar-refractivity contribution in [2.75, 3.05) is 19.8 Å². The molecule has 0 aromatic heterocycles. The summed E-state index contributed by atoms with van der Waals surface area (Å²) in [5, 5.41) is 9.52.